The van der Waals surface area contributed by atoms with Crippen LogP contribution in [0.3, 0.4) is 0 Å². The van der Waals surface area contributed by atoms with Crippen molar-refractivity contribution >= 4 is 71.7 Å². The molecule has 0 spiro atoms. The molecule has 67 heavy (non-hydrogen) atoms. The van der Waals surface area contributed by atoms with Gasteiger partial charge in [-0.25, -0.2) is 0 Å². The van der Waals surface area contributed by atoms with Crippen molar-refractivity contribution in [1.82, 2.24) is 0 Å². The number of fused-ring (bicyclic) bond motifs is 7. The van der Waals surface area contributed by atoms with E-state index in [1.807, 2.05) is 18.2 Å². The molecule has 0 aliphatic heterocycles. The van der Waals surface area contributed by atoms with Crippen LogP contribution in [0.15, 0.2) is 258 Å². The van der Waals surface area contributed by atoms with Gasteiger partial charge < -0.3 is 13.7 Å². The zero-order valence-corrected chi connectivity index (χ0v) is 36.4. The van der Waals surface area contributed by atoms with Crippen molar-refractivity contribution in [1.29, 1.82) is 0 Å². The maximum absolute atomic E-state index is 6.79. The highest BCUT2D eigenvalue weighted by Gasteiger charge is 2.23. The quantitative estimate of drug-likeness (QED) is 0.152. The maximum atomic E-state index is 6.79. The second kappa shape index (κ2) is 16.0. The number of hydrogen-bond acceptors (Lipinski definition) is 3. The summed E-state index contributed by atoms with van der Waals surface area (Å²) in [7, 11) is 0. The van der Waals surface area contributed by atoms with Gasteiger partial charge in [0.2, 0.25) is 0 Å². The first-order valence-electron chi connectivity index (χ1n) is 22.8. The van der Waals surface area contributed by atoms with E-state index in [2.05, 4.69) is 235 Å². The van der Waals surface area contributed by atoms with Gasteiger partial charge in [-0.3, -0.25) is 0 Å². The Morgan fingerprint density at radius 1 is 0.254 bits per heavy atom. The summed E-state index contributed by atoms with van der Waals surface area (Å²) < 4.78 is 13.1. The van der Waals surface area contributed by atoms with Gasteiger partial charge in [-0.2, -0.15) is 0 Å². The fourth-order valence-corrected chi connectivity index (χ4v) is 10.2. The molecule has 0 atom stereocenters. The number of benzene rings is 11. The molecule has 13 rings (SSSR count). The van der Waals surface area contributed by atoms with Crippen molar-refractivity contribution in [2.24, 2.45) is 0 Å². The Bertz CT molecular complexity index is 3950. The van der Waals surface area contributed by atoms with Crippen LogP contribution in [0.1, 0.15) is 0 Å². The minimum Gasteiger partial charge on any atom is -0.456 e. The molecule has 0 bridgehead atoms. The number of furan rings is 2. The number of nitrogens with zero attached hydrogens (tertiary/aromatic N) is 1. The molecule has 3 nitrogen and oxygen atoms in total. The van der Waals surface area contributed by atoms with Crippen LogP contribution < -0.4 is 4.90 Å². The average Bonchev–Trinajstić information content (AvgIpc) is 3.99. The molecule has 0 amide bonds. The summed E-state index contributed by atoms with van der Waals surface area (Å²) in [5.74, 6) is 0. The molecule has 2 aromatic heterocycles. The van der Waals surface area contributed by atoms with Gasteiger partial charge in [0.15, 0.2) is 0 Å². The van der Waals surface area contributed by atoms with Crippen LogP contribution in [0.2, 0.25) is 0 Å². The molecular weight excluding hydrogens is 815 g/mol. The van der Waals surface area contributed by atoms with Gasteiger partial charge in [0.05, 0.1) is 11.1 Å². The molecule has 3 heteroatoms. The normalized spacial score (nSPS) is 11.6. The number of hydrogen-bond donors (Lipinski definition) is 0. The largest absolute Gasteiger partial charge is 0.456 e. The van der Waals surface area contributed by atoms with Gasteiger partial charge in [-0.15, -0.1) is 0 Å². The van der Waals surface area contributed by atoms with Crippen LogP contribution in [0, 0.1) is 0 Å². The second-order valence-electron chi connectivity index (χ2n) is 17.2. The molecule has 314 valence electrons. The van der Waals surface area contributed by atoms with E-state index in [9.17, 15) is 0 Å². The Hall–Kier alpha value is -8.92. The highest BCUT2D eigenvalue weighted by molar-refractivity contribution is 6.17. The second-order valence-corrected chi connectivity index (χ2v) is 17.2. The molecular formula is C64H41NO2. The van der Waals surface area contributed by atoms with Crippen LogP contribution in [0.25, 0.3) is 110 Å². The monoisotopic (exact) mass is 855 g/mol. The lowest BCUT2D eigenvalue weighted by Crippen LogP contribution is -2.10. The molecule has 0 saturated heterocycles. The Balaban J connectivity index is 0.936. The fraction of sp³-hybridized carbons (Fsp3) is 0. The van der Waals surface area contributed by atoms with Gasteiger partial charge in [0.25, 0.3) is 0 Å². The van der Waals surface area contributed by atoms with E-state index in [4.69, 9.17) is 8.83 Å². The summed E-state index contributed by atoms with van der Waals surface area (Å²) >= 11 is 0. The van der Waals surface area contributed by atoms with Gasteiger partial charge in [0, 0.05) is 33.1 Å². The smallest absolute Gasteiger partial charge is 0.145 e. The molecule has 13 aromatic rings. The summed E-state index contributed by atoms with van der Waals surface area (Å²) in [4.78, 5) is 2.38. The number of rotatable bonds is 8. The zero-order valence-electron chi connectivity index (χ0n) is 36.4. The van der Waals surface area contributed by atoms with Crippen molar-refractivity contribution in [3.8, 4) is 55.6 Å². The van der Waals surface area contributed by atoms with E-state index in [-0.39, 0.29) is 0 Å². The van der Waals surface area contributed by atoms with E-state index in [0.717, 1.165) is 99.9 Å². The van der Waals surface area contributed by atoms with Gasteiger partial charge in [-0.1, -0.05) is 194 Å². The third kappa shape index (κ3) is 6.59. The van der Waals surface area contributed by atoms with Crippen molar-refractivity contribution in [2.75, 3.05) is 4.90 Å². The third-order valence-corrected chi connectivity index (χ3v) is 13.3. The standard InChI is InChI=1S/C64H41NO2/c1-2-14-45(15-3-1)53-40-41-58(63-57-22-9-11-26-60(57)67-64(53)63)65(48-36-32-43(33-37-48)42-28-30-46(31-29-42)51-23-12-17-44-16-4-5-18-50(44)51)49-38-34-47(35-39-49)52-19-6-7-20-54(52)55-24-13-27-61-62(55)56-21-8-10-25-59(56)66-61/h1-41H. The van der Waals surface area contributed by atoms with Crippen molar-refractivity contribution < 1.29 is 8.83 Å². The van der Waals surface area contributed by atoms with Crippen molar-refractivity contribution in [3.63, 3.8) is 0 Å². The highest BCUT2D eigenvalue weighted by atomic mass is 16.3. The van der Waals surface area contributed by atoms with Gasteiger partial charge in [-0.05, 0) is 115 Å². The predicted octanol–water partition coefficient (Wildman–Crippen LogP) is 18.4. The average molecular weight is 856 g/mol. The lowest BCUT2D eigenvalue weighted by atomic mass is 9.92. The molecule has 0 saturated carbocycles. The zero-order chi connectivity index (χ0) is 44.3. The Morgan fingerprint density at radius 3 is 1.48 bits per heavy atom. The SMILES string of the molecule is c1ccc(-c2ccc(N(c3ccc(-c4ccc(-c5cccc6ccccc56)cc4)cc3)c3ccc(-c4ccccc4-c4cccc5oc6ccccc6c45)cc3)c3c2oc2ccccc23)cc1. The number of anilines is 3. The summed E-state index contributed by atoms with van der Waals surface area (Å²) in [6.45, 7) is 0. The molecule has 11 aromatic carbocycles. The first-order valence-corrected chi connectivity index (χ1v) is 22.8. The molecule has 2 heterocycles. The topological polar surface area (TPSA) is 29.5 Å². The fourth-order valence-electron chi connectivity index (χ4n) is 10.2. The van der Waals surface area contributed by atoms with Crippen molar-refractivity contribution in [3.05, 3.63) is 249 Å². The van der Waals surface area contributed by atoms with Crippen LogP contribution >= 0.6 is 0 Å². The van der Waals surface area contributed by atoms with Crippen LogP contribution in [-0.4, -0.2) is 0 Å². The molecule has 0 aliphatic carbocycles. The molecule has 0 radical (unpaired) electrons. The summed E-state index contributed by atoms with van der Waals surface area (Å²) in [5, 5.41) is 6.90. The molecule has 0 aliphatic rings. The van der Waals surface area contributed by atoms with E-state index in [1.54, 1.807) is 0 Å². The van der Waals surface area contributed by atoms with Crippen molar-refractivity contribution in [2.45, 2.75) is 0 Å². The summed E-state index contributed by atoms with van der Waals surface area (Å²) in [6.07, 6.45) is 0. The van der Waals surface area contributed by atoms with E-state index >= 15 is 0 Å². The minimum atomic E-state index is 0.858. The van der Waals surface area contributed by atoms with E-state index in [1.165, 1.54) is 27.5 Å². The first kappa shape index (κ1) is 38.5. The van der Waals surface area contributed by atoms with Gasteiger partial charge >= 0.3 is 0 Å². The summed E-state index contributed by atoms with van der Waals surface area (Å²) in [5.41, 5.74) is 18.2. The predicted molar refractivity (Wildman–Crippen MR) is 280 cm³/mol. The Morgan fingerprint density at radius 2 is 0.731 bits per heavy atom. The molecule has 0 N–H and O–H groups in total. The van der Waals surface area contributed by atoms with Crippen LogP contribution in [-0.2, 0) is 0 Å². The molecule has 0 unspecified atom stereocenters. The summed E-state index contributed by atoms with van der Waals surface area (Å²) in [6, 6.07) is 88.8. The Kier molecular flexibility index (Phi) is 9.17. The highest BCUT2D eigenvalue weighted by Crippen LogP contribution is 2.47. The number of para-hydroxylation sites is 2. The van der Waals surface area contributed by atoms with E-state index < -0.39 is 0 Å². The van der Waals surface area contributed by atoms with Gasteiger partial charge in [0.1, 0.15) is 22.3 Å². The lowest BCUT2D eigenvalue weighted by Gasteiger charge is -2.27. The van der Waals surface area contributed by atoms with Crippen LogP contribution in [0.4, 0.5) is 17.1 Å². The van der Waals surface area contributed by atoms with E-state index in [0.29, 0.717) is 0 Å². The van der Waals surface area contributed by atoms with Crippen LogP contribution in [0.5, 0.6) is 0 Å². The minimum absolute atomic E-state index is 0.858. The first-order chi connectivity index (χ1) is 33.2. The third-order valence-electron chi connectivity index (χ3n) is 13.3. The maximum Gasteiger partial charge on any atom is 0.145 e. The molecule has 0 fully saturated rings. The Labute approximate surface area is 388 Å². The lowest BCUT2D eigenvalue weighted by molar-refractivity contribution is 0.669.